The van der Waals surface area contributed by atoms with Crippen LogP contribution < -0.4 is 14.8 Å². The molecule has 1 N–H and O–H groups in total. The van der Waals surface area contributed by atoms with Crippen LogP contribution in [0.4, 0.5) is 5.69 Å². The maximum Gasteiger partial charge on any atom is 0.255 e. The predicted molar refractivity (Wildman–Crippen MR) is 121 cm³/mol. The second-order valence-electron chi connectivity index (χ2n) is 7.97. The maximum atomic E-state index is 12.8. The number of aromatic nitrogens is 2. The predicted octanol–water partition coefficient (Wildman–Crippen LogP) is 3.05. The summed E-state index contributed by atoms with van der Waals surface area (Å²) in [5.41, 5.74) is 0.910. The van der Waals surface area contributed by atoms with Crippen LogP contribution in [0.1, 0.15) is 32.9 Å². The van der Waals surface area contributed by atoms with Crippen molar-refractivity contribution >= 4 is 34.6 Å². The summed E-state index contributed by atoms with van der Waals surface area (Å²) >= 11 is 1.43. The van der Waals surface area contributed by atoms with Gasteiger partial charge in [0.05, 0.1) is 16.8 Å². The quantitative estimate of drug-likeness (QED) is 0.560. The van der Waals surface area contributed by atoms with Gasteiger partial charge in [0.15, 0.2) is 17.3 Å². The molecule has 10 heteroatoms. The van der Waals surface area contributed by atoms with Crippen molar-refractivity contribution in [1.82, 2.24) is 14.7 Å². The Bertz CT molecular complexity index is 1190. The monoisotopic (exact) mass is 466 g/mol. The Morgan fingerprint density at radius 1 is 1.18 bits per heavy atom. The number of likely N-dealkylation sites (tertiary alicyclic amines) is 1. The van der Waals surface area contributed by atoms with E-state index < -0.39 is 0 Å². The third-order valence-electron chi connectivity index (χ3n) is 5.73. The number of ether oxygens (including phenoxy) is 2. The van der Waals surface area contributed by atoms with Crippen LogP contribution in [0.3, 0.4) is 0 Å². The molecule has 1 fully saturated rings. The Hall–Kier alpha value is -3.66. The van der Waals surface area contributed by atoms with Gasteiger partial charge in [-0.1, -0.05) is 6.07 Å². The molecule has 0 saturated carbocycles. The van der Waals surface area contributed by atoms with Crippen molar-refractivity contribution in [2.24, 2.45) is 5.92 Å². The molecule has 0 aliphatic carbocycles. The number of Topliss-reactive ketones (excluding diaryl/α,β-unsaturated/α-hetero) is 1. The number of hydrogen-bond acceptors (Lipinski definition) is 7. The normalized spacial score (nSPS) is 17.1. The van der Waals surface area contributed by atoms with Crippen LogP contribution in [0.5, 0.6) is 11.5 Å². The molecule has 3 aromatic rings. The first-order valence-corrected chi connectivity index (χ1v) is 11.5. The summed E-state index contributed by atoms with van der Waals surface area (Å²) in [7, 11) is 0. The van der Waals surface area contributed by atoms with Gasteiger partial charge in [-0.2, -0.15) is 5.10 Å². The number of ketones is 1. The van der Waals surface area contributed by atoms with Crippen LogP contribution in [-0.2, 0) is 11.3 Å². The van der Waals surface area contributed by atoms with E-state index in [-0.39, 0.29) is 36.9 Å². The van der Waals surface area contributed by atoms with Crippen molar-refractivity contribution in [2.45, 2.75) is 19.4 Å². The van der Waals surface area contributed by atoms with Crippen molar-refractivity contribution in [3.8, 4) is 11.5 Å². The lowest BCUT2D eigenvalue weighted by Crippen LogP contribution is -2.43. The highest BCUT2D eigenvalue weighted by atomic mass is 32.1. The molecule has 0 bridgehead atoms. The second kappa shape index (κ2) is 9.07. The number of hydrogen-bond donors (Lipinski definition) is 1. The highest BCUT2D eigenvalue weighted by Gasteiger charge is 2.29. The van der Waals surface area contributed by atoms with Gasteiger partial charge in [-0.25, -0.2) is 0 Å². The number of rotatable bonds is 6. The van der Waals surface area contributed by atoms with E-state index in [9.17, 15) is 14.4 Å². The zero-order chi connectivity index (χ0) is 22.8. The summed E-state index contributed by atoms with van der Waals surface area (Å²) in [4.78, 5) is 40.5. The topological polar surface area (TPSA) is 103 Å². The molecule has 2 aliphatic rings. The SMILES string of the molecule is O=C(Nc1cnn(CC(=O)N2CCCC(C(=O)c3cccs3)C2)c1)c1ccc2c(c1)OCO2. The lowest BCUT2D eigenvalue weighted by Gasteiger charge is -2.31. The third-order valence-corrected chi connectivity index (χ3v) is 6.62. The first-order valence-electron chi connectivity index (χ1n) is 10.7. The molecule has 2 amide bonds. The van der Waals surface area contributed by atoms with E-state index in [0.717, 1.165) is 17.7 Å². The lowest BCUT2D eigenvalue weighted by molar-refractivity contribution is -0.133. The Morgan fingerprint density at radius 2 is 2.06 bits per heavy atom. The van der Waals surface area contributed by atoms with Gasteiger partial charge < -0.3 is 19.7 Å². The minimum absolute atomic E-state index is 0.0415. The number of nitrogens with zero attached hydrogens (tertiary/aromatic N) is 3. The van der Waals surface area contributed by atoms with Gasteiger partial charge in [-0.05, 0) is 42.5 Å². The molecule has 9 nitrogen and oxygen atoms in total. The van der Waals surface area contributed by atoms with E-state index in [1.807, 2.05) is 17.5 Å². The first kappa shape index (κ1) is 21.2. The van der Waals surface area contributed by atoms with Crippen molar-refractivity contribution in [3.63, 3.8) is 0 Å². The molecule has 2 aromatic heterocycles. The smallest absolute Gasteiger partial charge is 0.255 e. The van der Waals surface area contributed by atoms with Crippen LogP contribution in [0, 0.1) is 5.92 Å². The van der Waals surface area contributed by atoms with Crippen LogP contribution in [0.25, 0.3) is 0 Å². The number of fused-ring (bicyclic) bond motifs is 1. The summed E-state index contributed by atoms with van der Waals surface area (Å²) < 4.78 is 12.1. The number of anilines is 1. The third kappa shape index (κ3) is 4.61. The molecule has 33 heavy (non-hydrogen) atoms. The van der Waals surface area contributed by atoms with Gasteiger partial charge in [0.1, 0.15) is 6.54 Å². The van der Waals surface area contributed by atoms with Crippen molar-refractivity contribution in [1.29, 1.82) is 0 Å². The van der Waals surface area contributed by atoms with E-state index in [1.54, 1.807) is 29.3 Å². The number of benzene rings is 1. The highest BCUT2D eigenvalue weighted by Crippen LogP contribution is 2.32. The number of carbonyl (C=O) groups excluding carboxylic acids is 3. The molecule has 5 rings (SSSR count). The zero-order valence-electron chi connectivity index (χ0n) is 17.7. The first-order chi connectivity index (χ1) is 16.1. The van der Waals surface area contributed by atoms with Crippen molar-refractivity contribution < 1.29 is 23.9 Å². The van der Waals surface area contributed by atoms with Crippen LogP contribution >= 0.6 is 11.3 Å². The molecule has 4 heterocycles. The molecule has 1 atom stereocenters. The minimum Gasteiger partial charge on any atom is -0.454 e. The summed E-state index contributed by atoms with van der Waals surface area (Å²) in [5, 5.41) is 8.86. The fraction of sp³-hybridized carbons (Fsp3) is 0.304. The average Bonchev–Trinajstić information content (AvgIpc) is 3.60. The molecule has 1 unspecified atom stereocenters. The van der Waals surface area contributed by atoms with Crippen molar-refractivity contribution in [3.05, 3.63) is 58.5 Å². The van der Waals surface area contributed by atoms with Crippen LogP contribution in [0.2, 0.25) is 0 Å². The molecule has 1 aromatic carbocycles. The van der Waals surface area contributed by atoms with E-state index in [2.05, 4.69) is 10.4 Å². The second-order valence-corrected chi connectivity index (χ2v) is 8.92. The standard InChI is InChI=1S/C23H22N4O5S/c28-21(26-7-1-3-16(11-26)22(29)20-4-2-8-33-20)13-27-12-17(10-24-27)25-23(30)15-5-6-18-19(9-15)32-14-31-18/h2,4-6,8-10,12,16H,1,3,7,11,13-14H2,(H,25,30). The Balaban J connectivity index is 1.17. The maximum absolute atomic E-state index is 12.8. The fourth-order valence-corrected chi connectivity index (χ4v) is 4.78. The van der Waals surface area contributed by atoms with Gasteiger partial charge in [0, 0.05) is 30.8 Å². The van der Waals surface area contributed by atoms with Gasteiger partial charge in [-0.3, -0.25) is 19.1 Å². The summed E-state index contributed by atoms with van der Waals surface area (Å²) in [6.45, 7) is 1.23. The van der Waals surface area contributed by atoms with Gasteiger partial charge >= 0.3 is 0 Å². The summed E-state index contributed by atoms with van der Waals surface area (Å²) in [5.74, 6) is 0.655. The average molecular weight is 467 g/mol. The Labute approximate surface area is 193 Å². The Morgan fingerprint density at radius 3 is 2.91 bits per heavy atom. The van der Waals surface area contributed by atoms with E-state index in [0.29, 0.717) is 35.8 Å². The minimum atomic E-state index is -0.315. The molecule has 0 spiro atoms. The van der Waals surface area contributed by atoms with E-state index >= 15 is 0 Å². The number of nitrogens with one attached hydrogen (secondary N) is 1. The fourth-order valence-electron chi connectivity index (χ4n) is 4.03. The molecule has 170 valence electrons. The molecular formula is C23H22N4O5S. The summed E-state index contributed by atoms with van der Waals surface area (Å²) in [6.07, 6.45) is 4.69. The zero-order valence-corrected chi connectivity index (χ0v) is 18.5. The molecular weight excluding hydrogens is 444 g/mol. The molecule has 0 radical (unpaired) electrons. The largest absolute Gasteiger partial charge is 0.454 e. The van der Waals surface area contributed by atoms with Gasteiger partial charge in [0.25, 0.3) is 5.91 Å². The number of piperidine rings is 1. The lowest BCUT2D eigenvalue weighted by atomic mass is 9.93. The number of thiophene rings is 1. The molecule has 2 aliphatic heterocycles. The highest BCUT2D eigenvalue weighted by molar-refractivity contribution is 7.12. The summed E-state index contributed by atoms with van der Waals surface area (Å²) in [6, 6.07) is 8.66. The van der Waals surface area contributed by atoms with Gasteiger partial charge in [0.2, 0.25) is 12.7 Å². The number of carbonyl (C=O) groups is 3. The van der Waals surface area contributed by atoms with E-state index in [1.165, 1.54) is 22.2 Å². The Kier molecular flexibility index (Phi) is 5.82. The van der Waals surface area contributed by atoms with Crippen LogP contribution in [-0.4, -0.2) is 52.2 Å². The van der Waals surface area contributed by atoms with Gasteiger partial charge in [-0.15, -0.1) is 11.3 Å². The molecule has 1 saturated heterocycles. The van der Waals surface area contributed by atoms with E-state index in [4.69, 9.17) is 9.47 Å². The van der Waals surface area contributed by atoms with Crippen LogP contribution in [0.15, 0.2) is 48.1 Å². The number of amides is 2. The van der Waals surface area contributed by atoms with Crippen molar-refractivity contribution in [2.75, 3.05) is 25.2 Å².